The molecule has 0 aromatic heterocycles. The Morgan fingerprint density at radius 3 is 2.67 bits per heavy atom. The minimum Gasteiger partial charge on any atom is -0.265 e. The maximum absolute atomic E-state index is 11.1. The number of hydrogen-bond donors (Lipinski definition) is 0. The van der Waals surface area contributed by atoms with Crippen molar-refractivity contribution in [3.63, 3.8) is 0 Å². The quantitative estimate of drug-likeness (QED) is 0.651. The predicted octanol–water partition coefficient (Wildman–Crippen LogP) is 1.17. The summed E-state index contributed by atoms with van der Waals surface area (Å²) in [6.07, 6.45) is 6.12. The molecule has 0 radical (unpaired) electrons. The maximum Gasteiger partial charge on any atom is 0.155 e. The van der Waals surface area contributed by atoms with Crippen LogP contribution in [-0.4, -0.2) is 26.1 Å². The molecule has 1 heterocycles. The third-order valence-electron chi connectivity index (χ3n) is 1.90. The molecule has 0 saturated carbocycles. The lowest BCUT2D eigenvalue weighted by molar-refractivity contribution is 0.596. The van der Waals surface area contributed by atoms with E-state index in [0.29, 0.717) is 6.42 Å². The Bertz CT molecular complexity index is 314. The van der Waals surface area contributed by atoms with E-state index in [1.54, 1.807) is 0 Å². The Morgan fingerprint density at radius 2 is 2.33 bits per heavy atom. The average molecular weight is 187 g/mol. The highest BCUT2D eigenvalue weighted by Crippen LogP contribution is 2.14. The summed E-state index contributed by atoms with van der Waals surface area (Å²) in [5.74, 6) is 0. The van der Waals surface area contributed by atoms with Crippen molar-refractivity contribution < 1.29 is 8.42 Å². The van der Waals surface area contributed by atoms with Crippen LogP contribution in [0.4, 0.5) is 0 Å². The molecule has 1 rings (SSSR count). The van der Waals surface area contributed by atoms with Crippen molar-refractivity contribution in [2.24, 2.45) is 4.99 Å². The summed E-state index contributed by atoms with van der Waals surface area (Å²) in [5.41, 5.74) is 0.981. The van der Waals surface area contributed by atoms with Gasteiger partial charge in [-0.3, -0.25) is 4.99 Å². The number of sulfone groups is 1. The van der Waals surface area contributed by atoms with E-state index in [4.69, 9.17) is 0 Å². The summed E-state index contributed by atoms with van der Waals surface area (Å²) in [6, 6.07) is 0. The number of aliphatic imine (C=N–C) groups is 1. The van der Waals surface area contributed by atoms with Crippen LogP contribution < -0.4 is 0 Å². The van der Waals surface area contributed by atoms with Gasteiger partial charge in [0.2, 0.25) is 0 Å². The standard InChI is InChI=1S/C8H13NO2S/c1-3-7-4-5-8(6-9-7)12(2,10)11/h4,6,8H,3,5H2,1-2H3. The minimum absolute atomic E-state index is 0.409. The smallest absolute Gasteiger partial charge is 0.155 e. The van der Waals surface area contributed by atoms with E-state index < -0.39 is 15.1 Å². The average Bonchev–Trinajstić information content (AvgIpc) is 2.03. The van der Waals surface area contributed by atoms with Crippen LogP contribution in [0.2, 0.25) is 0 Å². The molecular formula is C8H13NO2S. The van der Waals surface area contributed by atoms with Gasteiger partial charge in [-0.05, 0) is 12.8 Å². The van der Waals surface area contributed by atoms with E-state index in [1.165, 1.54) is 12.5 Å². The molecule has 1 unspecified atom stereocenters. The molecule has 3 nitrogen and oxygen atoms in total. The predicted molar refractivity (Wildman–Crippen MR) is 50.1 cm³/mol. The van der Waals surface area contributed by atoms with Gasteiger partial charge >= 0.3 is 0 Å². The second kappa shape index (κ2) is 3.39. The maximum atomic E-state index is 11.1. The first-order valence-electron chi connectivity index (χ1n) is 3.96. The SMILES string of the molecule is CCC1=CCC(S(C)(=O)=O)C=N1. The first-order valence-corrected chi connectivity index (χ1v) is 5.91. The second-order valence-electron chi connectivity index (χ2n) is 2.93. The molecule has 0 N–H and O–H groups in total. The van der Waals surface area contributed by atoms with Crippen molar-refractivity contribution in [3.8, 4) is 0 Å². The summed E-state index contributed by atoms with van der Waals surface area (Å²) < 4.78 is 22.1. The van der Waals surface area contributed by atoms with Crippen LogP contribution in [0, 0.1) is 0 Å². The monoisotopic (exact) mass is 187 g/mol. The Labute approximate surface area is 73.1 Å². The van der Waals surface area contributed by atoms with Gasteiger partial charge in [0, 0.05) is 18.2 Å². The van der Waals surface area contributed by atoms with Gasteiger partial charge in [0.1, 0.15) is 0 Å². The van der Waals surface area contributed by atoms with E-state index in [9.17, 15) is 8.42 Å². The molecule has 0 aliphatic carbocycles. The van der Waals surface area contributed by atoms with E-state index in [0.717, 1.165) is 12.1 Å². The number of rotatable bonds is 2. The lowest BCUT2D eigenvalue weighted by atomic mass is 10.2. The topological polar surface area (TPSA) is 46.5 Å². The first-order chi connectivity index (χ1) is 5.54. The number of allylic oxidation sites excluding steroid dienone is 2. The molecule has 1 aliphatic rings. The zero-order valence-electron chi connectivity index (χ0n) is 7.32. The first kappa shape index (κ1) is 9.45. The Balaban J connectivity index is 2.73. The van der Waals surface area contributed by atoms with E-state index in [-0.39, 0.29) is 0 Å². The molecule has 0 fully saturated rings. The molecule has 68 valence electrons. The Hall–Kier alpha value is -0.640. The van der Waals surface area contributed by atoms with E-state index in [2.05, 4.69) is 4.99 Å². The highest BCUT2D eigenvalue weighted by atomic mass is 32.2. The summed E-state index contributed by atoms with van der Waals surface area (Å²) in [4.78, 5) is 4.05. The highest BCUT2D eigenvalue weighted by Gasteiger charge is 2.19. The normalized spacial score (nSPS) is 23.8. The summed E-state index contributed by atoms with van der Waals surface area (Å²) >= 11 is 0. The van der Waals surface area contributed by atoms with Crippen molar-refractivity contribution >= 4 is 16.1 Å². The molecule has 0 bridgehead atoms. The lowest BCUT2D eigenvalue weighted by Gasteiger charge is -2.12. The third kappa shape index (κ3) is 2.17. The molecule has 0 amide bonds. The molecule has 0 aromatic carbocycles. The van der Waals surface area contributed by atoms with Crippen molar-refractivity contribution in [1.29, 1.82) is 0 Å². The van der Waals surface area contributed by atoms with Gasteiger partial charge < -0.3 is 0 Å². The highest BCUT2D eigenvalue weighted by molar-refractivity contribution is 7.92. The van der Waals surface area contributed by atoms with Crippen LogP contribution in [0.3, 0.4) is 0 Å². The van der Waals surface area contributed by atoms with Gasteiger partial charge in [0.05, 0.1) is 5.25 Å². The van der Waals surface area contributed by atoms with Gasteiger partial charge in [-0.2, -0.15) is 0 Å². The molecule has 4 heteroatoms. The molecule has 0 saturated heterocycles. The Kier molecular flexibility index (Phi) is 2.67. The molecule has 1 aliphatic heterocycles. The summed E-state index contributed by atoms with van der Waals surface area (Å²) in [6.45, 7) is 2.00. The summed E-state index contributed by atoms with van der Waals surface area (Å²) in [7, 11) is -2.95. The fourth-order valence-electron chi connectivity index (χ4n) is 1.07. The zero-order chi connectivity index (χ0) is 9.19. The van der Waals surface area contributed by atoms with Gasteiger partial charge in [0.25, 0.3) is 0 Å². The van der Waals surface area contributed by atoms with Gasteiger partial charge in [-0.1, -0.05) is 13.0 Å². The molecule has 1 atom stereocenters. The van der Waals surface area contributed by atoms with Crippen LogP contribution in [-0.2, 0) is 9.84 Å². The fourth-order valence-corrected chi connectivity index (χ4v) is 1.79. The van der Waals surface area contributed by atoms with E-state index in [1.807, 2.05) is 13.0 Å². The molecule has 12 heavy (non-hydrogen) atoms. The zero-order valence-corrected chi connectivity index (χ0v) is 8.13. The minimum atomic E-state index is -2.95. The summed E-state index contributed by atoms with van der Waals surface area (Å²) in [5, 5.41) is -0.409. The molecular weight excluding hydrogens is 174 g/mol. The van der Waals surface area contributed by atoms with Crippen molar-refractivity contribution in [1.82, 2.24) is 0 Å². The Morgan fingerprint density at radius 1 is 1.67 bits per heavy atom. The van der Waals surface area contributed by atoms with Gasteiger partial charge in [-0.15, -0.1) is 0 Å². The molecule has 0 aromatic rings. The van der Waals surface area contributed by atoms with Crippen LogP contribution >= 0.6 is 0 Å². The van der Waals surface area contributed by atoms with Crippen molar-refractivity contribution in [2.75, 3.05) is 6.26 Å². The second-order valence-corrected chi connectivity index (χ2v) is 5.20. The molecule has 0 spiro atoms. The van der Waals surface area contributed by atoms with Crippen molar-refractivity contribution in [3.05, 3.63) is 11.8 Å². The van der Waals surface area contributed by atoms with Gasteiger partial charge in [0.15, 0.2) is 9.84 Å². The van der Waals surface area contributed by atoms with Crippen molar-refractivity contribution in [2.45, 2.75) is 25.0 Å². The van der Waals surface area contributed by atoms with Crippen LogP contribution in [0.5, 0.6) is 0 Å². The fraction of sp³-hybridized carbons (Fsp3) is 0.625. The van der Waals surface area contributed by atoms with Crippen LogP contribution in [0.15, 0.2) is 16.8 Å². The number of nitrogens with zero attached hydrogens (tertiary/aromatic N) is 1. The van der Waals surface area contributed by atoms with Crippen LogP contribution in [0.1, 0.15) is 19.8 Å². The van der Waals surface area contributed by atoms with E-state index >= 15 is 0 Å². The van der Waals surface area contributed by atoms with Gasteiger partial charge in [-0.25, -0.2) is 8.42 Å². The largest absolute Gasteiger partial charge is 0.265 e. The lowest BCUT2D eigenvalue weighted by Crippen LogP contribution is -2.22. The van der Waals surface area contributed by atoms with Crippen LogP contribution in [0.25, 0.3) is 0 Å². The number of hydrogen-bond acceptors (Lipinski definition) is 3. The third-order valence-corrected chi connectivity index (χ3v) is 3.32.